The van der Waals surface area contributed by atoms with Crippen LogP contribution in [0.3, 0.4) is 0 Å². The summed E-state index contributed by atoms with van der Waals surface area (Å²) in [6.07, 6.45) is 0. The van der Waals surface area contributed by atoms with Crippen LogP contribution in [0.1, 0.15) is 20.8 Å². The zero-order chi connectivity index (χ0) is 15.4. The minimum Gasteiger partial charge on any atom is -0.451 e. The molecule has 1 amide bonds. The maximum atomic E-state index is 11.8. The van der Waals surface area contributed by atoms with Crippen molar-refractivity contribution < 1.29 is 14.3 Å². The smallest absolute Gasteiger partial charge is 0.348 e. The van der Waals surface area contributed by atoms with Gasteiger partial charge in [0, 0.05) is 10.2 Å². The predicted octanol–water partition coefficient (Wildman–Crippen LogP) is 3.92. The lowest BCUT2D eigenvalue weighted by atomic mass is 10.1. The molecule has 110 valence electrons. The molecule has 0 aliphatic heterocycles. The standard InChI is InChI=1S/C15H14BrNO3S/c1-9-6-11(7-10(2)14(9)16)17-13(18)8-20-15(19)12-4-3-5-21-12/h3-7H,8H2,1-2H3,(H,17,18). The van der Waals surface area contributed by atoms with Crippen molar-refractivity contribution in [2.24, 2.45) is 0 Å². The first-order chi connectivity index (χ1) is 9.97. The number of rotatable bonds is 4. The molecule has 0 aliphatic rings. The third kappa shape index (κ3) is 4.15. The Labute approximate surface area is 135 Å². The average molecular weight is 368 g/mol. The Bertz CT molecular complexity index is 645. The van der Waals surface area contributed by atoms with E-state index in [9.17, 15) is 9.59 Å². The van der Waals surface area contributed by atoms with E-state index in [1.165, 1.54) is 11.3 Å². The van der Waals surface area contributed by atoms with E-state index in [1.807, 2.05) is 26.0 Å². The summed E-state index contributed by atoms with van der Waals surface area (Å²) in [7, 11) is 0. The van der Waals surface area contributed by atoms with Gasteiger partial charge in [-0.05, 0) is 48.6 Å². The number of benzene rings is 1. The molecule has 6 heteroatoms. The Morgan fingerprint density at radius 2 is 1.95 bits per heavy atom. The number of hydrogen-bond donors (Lipinski definition) is 1. The summed E-state index contributed by atoms with van der Waals surface area (Å²) in [5.74, 6) is -0.843. The van der Waals surface area contributed by atoms with Crippen molar-refractivity contribution in [2.45, 2.75) is 13.8 Å². The molecule has 0 aliphatic carbocycles. The summed E-state index contributed by atoms with van der Waals surface area (Å²) in [6, 6.07) is 7.13. The number of carbonyl (C=O) groups is 2. The van der Waals surface area contributed by atoms with Crippen molar-refractivity contribution in [3.63, 3.8) is 0 Å². The van der Waals surface area contributed by atoms with E-state index in [0.717, 1.165) is 15.6 Å². The lowest BCUT2D eigenvalue weighted by molar-refractivity contribution is -0.119. The highest BCUT2D eigenvalue weighted by Crippen LogP contribution is 2.24. The molecule has 2 rings (SSSR count). The fraction of sp³-hybridized carbons (Fsp3) is 0.200. The highest BCUT2D eigenvalue weighted by molar-refractivity contribution is 9.10. The van der Waals surface area contributed by atoms with Crippen LogP contribution in [-0.2, 0) is 9.53 Å². The Hall–Kier alpha value is -1.66. The van der Waals surface area contributed by atoms with Gasteiger partial charge in [-0.3, -0.25) is 4.79 Å². The molecular weight excluding hydrogens is 354 g/mol. The highest BCUT2D eigenvalue weighted by Gasteiger charge is 2.11. The van der Waals surface area contributed by atoms with Gasteiger partial charge in [0.1, 0.15) is 4.88 Å². The van der Waals surface area contributed by atoms with Crippen molar-refractivity contribution in [2.75, 3.05) is 11.9 Å². The summed E-state index contributed by atoms with van der Waals surface area (Å²) >= 11 is 4.75. The van der Waals surface area contributed by atoms with Gasteiger partial charge in [-0.1, -0.05) is 22.0 Å². The molecule has 0 unspecified atom stereocenters. The molecule has 0 fully saturated rings. The maximum absolute atomic E-state index is 11.8. The molecule has 0 spiro atoms. The quantitative estimate of drug-likeness (QED) is 0.833. The van der Waals surface area contributed by atoms with E-state index in [-0.39, 0.29) is 12.5 Å². The molecule has 0 bridgehead atoms. The summed E-state index contributed by atoms with van der Waals surface area (Å²) in [5.41, 5.74) is 2.74. The van der Waals surface area contributed by atoms with E-state index in [4.69, 9.17) is 4.74 Å². The number of thiophene rings is 1. The molecule has 21 heavy (non-hydrogen) atoms. The van der Waals surface area contributed by atoms with Crippen molar-refractivity contribution in [3.8, 4) is 0 Å². The van der Waals surface area contributed by atoms with E-state index in [2.05, 4.69) is 21.2 Å². The first-order valence-electron chi connectivity index (χ1n) is 6.24. The summed E-state index contributed by atoms with van der Waals surface area (Å²) in [5, 5.41) is 4.50. The number of halogens is 1. The molecule has 4 nitrogen and oxygen atoms in total. The monoisotopic (exact) mass is 367 g/mol. The second-order valence-electron chi connectivity index (χ2n) is 4.53. The molecule has 1 N–H and O–H groups in total. The molecule has 1 heterocycles. The van der Waals surface area contributed by atoms with Crippen LogP contribution >= 0.6 is 27.3 Å². The Kier molecular flexibility index (Phi) is 5.14. The van der Waals surface area contributed by atoms with E-state index in [1.54, 1.807) is 17.5 Å². The van der Waals surface area contributed by atoms with Gasteiger partial charge >= 0.3 is 5.97 Å². The fourth-order valence-corrected chi connectivity index (χ4v) is 2.66. The topological polar surface area (TPSA) is 55.4 Å². The van der Waals surface area contributed by atoms with Crippen LogP contribution in [0.4, 0.5) is 5.69 Å². The zero-order valence-corrected chi connectivity index (χ0v) is 14.0. The number of esters is 1. The number of aryl methyl sites for hydroxylation is 2. The summed E-state index contributed by atoms with van der Waals surface area (Å²) in [4.78, 5) is 23.9. The lowest BCUT2D eigenvalue weighted by Gasteiger charge is -2.09. The SMILES string of the molecule is Cc1cc(NC(=O)COC(=O)c2cccs2)cc(C)c1Br. The van der Waals surface area contributed by atoms with E-state index in [0.29, 0.717) is 10.6 Å². The zero-order valence-electron chi connectivity index (χ0n) is 11.6. The average Bonchev–Trinajstić information content (AvgIpc) is 2.96. The fourth-order valence-electron chi connectivity index (χ4n) is 1.81. The summed E-state index contributed by atoms with van der Waals surface area (Å²) < 4.78 is 5.97. The van der Waals surface area contributed by atoms with E-state index >= 15 is 0 Å². The van der Waals surface area contributed by atoms with Crippen LogP contribution in [0.2, 0.25) is 0 Å². The first-order valence-corrected chi connectivity index (χ1v) is 7.92. The second-order valence-corrected chi connectivity index (χ2v) is 6.27. The molecule has 0 saturated carbocycles. The van der Waals surface area contributed by atoms with Gasteiger partial charge in [-0.15, -0.1) is 11.3 Å². The Balaban J connectivity index is 1.92. The molecule has 1 aromatic carbocycles. The van der Waals surface area contributed by atoms with Gasteiger partial charge in [-0.25, -0.2) is 4.79 Å². The minimum atomic E-state index is -0.483. The van der Waals surface area contributed by atoms with Crippen molar-refractivity contribution >= 4 is 44.8 Å². The maximum Gasteiger partial charge on any atom is 0.348 e. The minimum absolute atomic E-state index is 0.301. The third-order valence-corrected chi connectivity index (χ3v) is 4.88. The van der Waals surface area contributed by atoms with E-state index < -0.39 is 5.97 Å². The van der Waals surface area contributed by atoms with Gasteiger partial charge in [0.15, 0.2) is 6.61 Å². The number of hydrogen-bond acceptors (Lipinski definition) is 4. The van der Waals surface area contributed by atoms with Gasteiger partial charge in [0.2, 0.25) is 0 Å². The predicted molar refractivity (Wildman–Crippen MR) is 86.8 cm³/mol. The van der Waals surface area contributed by atoms with Crippen molar-refractivity contribution in [3.05, 3.63) is 50.1 Å². The van der Waals surface area contributed by atoms with Crippen molar-refractivity contribution in [1.82, 2.24) is 0 Å². The number of anilines is 1. The van der Waals surface area contributed by atoms with Crippen LogP contribution in [-0.4, -0.2) is 18.5 Å². The van der Waals surface area contributed by atoms with Gasteiger partial charge in [0.25, 0.3) is 5.91 Å². The highest BCUT2D eigenvalue weighted by atomic mass is 79.9. The van der Waals surface area contributed by atoms with Gasteiger partial charge < -0.3 is 10.1 Å². The first kappa shape index (κ1) is 15.7. The largest absolute Gasteiger partial charge is 0.451 e. The number of carbonyl (C=O) groups excluding carboxylic acids is 2. The third-order valence-electron chi connectivity index (χ3n) is 2.78. The molecule has 1 aromatic heterocycles. The molecule has 2 aromatic rings. The molecular formula is C15H14BrNO3S. The molecule has 0 saturated heterocycles. The Morgan fingerprint density at radius 1 is 1.29 bits per heavy atom. The van der Waals surface area contributed by atoms with Crippen LogP contribution in [0.25, 0.3) is 0 Å². The lowest BCUT2D eigenvalue weighted by Crippen LogP contribution is -2.20. The number of amides is 1. The van der Waals surface area contributed by atoms with Crippen LogP contribution < -0.4 is 5.32 Å². The normalized spacial score (nSPS) is 10.2. The van der Waals surface area contributed by atoms with Gasteiger partial charge in [-0.2, -0.15) is 0 Å². The molecule has 0 atom stereocenters. The van der Waals surface area contributed by atoms with Crippen molar-refractivity contribution in [1.29, 1.82) is 0 Å². The number of ether oxygens (including phenoxy) is 1. The Morgan fingerprint density at radius 3 is 2.52 bits per heavy atom. The van der Waals surface area contributed by atoms with Crippen LogP contribution in [0.5, 0.6) is 0 Å². The van der Waals surface area contributed by atoms with Gasteiger partial charge in [0.05, 0.1) is 0 Å². The summed E-state index contributed by atoms with van der Waals surface area (Å²) in [6.45, 7) is 3.60. The van der Waals surface area contributed by atoms with Crippen LogP contribution in [0, 0.1) is 13.8 Å². The second kappa shape index (κ2) is 6.87. The molecule has 0 radical (unpaired) electrons. The number of nitrogens with one attached hydrogen (secondary N) is 1. The van der Waals surface area contributed by atoms with Crippen LogP contribution in [0.15, 0.2) is 34.1 Å².